The molecule has 0 fully saturated rings. The van der Waals surface area contributed by atoms with Crippen molar-refractivity contribution >= 4 is 6.03 Å². The molecule has 1 aliphatic rings. The van der Waals surface area contributed by atoms with Crippen LogP contribution in [-0.4, -0.2) is 22.4 Å². The average Bonchev–Trinajstić information content (AvgIpc) is 2.98. The molecule has 3 rings (SSSR count). The van der Waals surface area contributed by atoms with Crippen LogP contribution in [0.1, 0.15) is 35.7 Å². The lowest BCUT2D eigenvalue weighted by Crippen LogP contribution is -2.39. The van der Waals surface area contributed by atoms with Gasteiger partial charge in [0.15, 0.2) is 0 Å². The third kappa shape index (κ3) is 3.54. The standard InChI is InChI=1S/C18H20N4O/c1-2-11-19-18(23)21-16-9-6-10-17-15(16)12-20-22(17)13-14-7-4-3-5-8-14/h1,3-5,7-8,12,16H,6,9-11,13H2,(H2,19,21,23). The van der Waals surface area contributed by atoms with Crippen LogP contribution in [0.4, 0.5) is 4.79 Å². The Morgan fingerprint density at radius 2 is 2.22 bits per heavy atom. The van der Waals surface area contributed by atoms with Crippen molar-refractivity contribution in [3.8, 4) is 12.3 Å². The van der Waals surface area contributed by atoms with Gasteiger partial charge < -0.3 is 10.6 Å². The summed E-state index contributed by atoms with van der Waals surface area (Å²) >= 11 is 0. The summed E-state index contributed by atoms with van der Waals surface area (Å²) in [4.78, 5) is 11.8. The fourth-order valence-electron chi connectivity index (χ4n) is 3.00. The van der Waals surface area contributed by atoms with E-state index in [0.29, 0.717) is 0 Å². The highest BCUT2D eigenvalue weighted by atomic mass is 16.2. The van der Waals surface area contributed by atoms with Crippen molar-refractivity contribution in [3.63, 3.8) is 0 Å². The zero-order valence-corrected chi connectivity index (χ0v) is 13.0. The Labute approximate surface area is 136 Å². The van der Waals surface area contributed by atoms with Gasteiger partial charge in [-0.1, -0.05) is 36.3 Å². The van der Waals surface area contributed by atoms with E-state index in [1.807, 2.05) is 29.1 Å². The Bertz CT molecular complexity index is 714. The van der Waals surface area contributed by atoms with E-state index in [2.05, 4.69) is 33.8 Å². The maximum absolute atomic E-state index is 11.8. The van der Waals surface area contributed by atoms with Crippen LogP contribution in [0.25, 0.3) is 0 Å². The number of amides is 2. The zero-order valence-electron chi connectivity index (χ0n) is 13.0. The van der Waals surface area contributed by atoms with E-state index >= 15 is 0 Å². The fraction of sp³-hybridized carbons (Fsp3) is 0.333. The molecule has 1 heterocycles. The predicted molar refractivity (Wildman–Crippen MR) is 88.8 cm³/mol. The number of nitrogens with one attached hydrogen (secondary N) is 2. The molecule has 1 aromatic heterocycles. The van der Waals surface area contributed by atoms with E-state index < -0.39 is 0 Å². The minimum atomic E-state index is -0.225. The minimum Gasteiger partial charge on any atom is -0.331 e. The summed E-state index contributed by atoms with van der Waals surface area (Å²) in [5, 5.41) is 10.2. The number of hydrogen-bond donors (Lipinski definition) is 2. The molecule has 0 saturated heterocycles. The molecule has 2 amide bonds. The lowest BCUT2D eigenvalue weighted by molar-refractivity contribution is 0.236. The van der Waals surface area contributed by atoms with Gasteiger partial charge in [-0.25, -0.2) is 4.79 Å². The fourth-order valence-corrected chi connectivity index (χ4v) is 3.00. The maximum Gasteiger partial charge on any atom is 0.316 e. The van der Waals surface area contributed by atoms with Gasteiger partial charge in [0.05, 0.1) is 25.3 Å². The van der Waals surface area contributed by atoms with Crippen molar-refractivity contribution in [2.45, 2.75) is 31.8 Å². The predicted octanol–water partition coefficient (Wildman–Crippen LogP) is 2.24. The number of benzene rings is 1. The molecular weight excluding hydrogens is 288 g/mol. The van der Waals surface area contributed by atoms with Crippen molar-refractivity contribution in [3.05, 3.63) is 53.3 Å². The van der Waals surface area contributed by atoms with Crippen LogP contribution in [0.5, 0.6) is 0 Å². The van der Waals surface area contributed by atoms with Crippen molar-refractivity contribution in [2.75, 3.05) is 6.54 Å². The van der Waals surface area contributed by atoms with Crippen LogP contribution in [0.15, 0.2) is 36.5 Å². The molecule has 0 aliphatic heterocycles. The number of terminal acetylenes is 1. The lowest BCUT2D eigenvalue weighted by atomic mass is 9.93. The zero-order chi connectivity index (χ0) is 16.1. The van der Waals surface area contributed by atoms with Crippen LogP contribution in [-0.2, 0) is 13.0 Å². The molecule has 1 aliphatic carbocycles. The first kappa shape index (κ1) is 15.2. The number of rotatable bonds is 4. The monoisotopic (exact) mass is 308 g/mol. The van der Waals surface area contributed by atoms with Gasteiger partial charge in [-0.3, -0.25) is 4.68 Å². The lowest BCUT2D eigenvalue weighted by Gasteiger charge is -2.24. The molecule has 1 unspecified atom stereocenters. The number of carbonyl (C=O) groups is 1. The van der Waals surface area contributed by atoms with E-state index in [1.165, 1.54) is 11.3 Å². The molecule has 0 bridgehead atoms. The van der Waals surface area contributed by atoms with Crippen LogP contribution >= 0.6 is 0 Å². The number of nitrogens with zero attached hydrogens (tertiary/aromatic N) is 2. The number of fused-ring (bicyclic) bond motifs is 1. The Hall–Kier alpha value is -2.74. The summed E-state index contributed by atoms with van der Waals surface area (Å²) < 4.78 is 2.04. The smallest absolute Gasteiger partial charge is 0.316 e. The molecule has 2 N–H and O–H groups in total. The first-order chi connectivity index (χ1) is 11.3. The highest BCUT2D eigenvalue weighted by molar-refractivity contribution is 5.74. The number of urea groups is 1. The summed E-state index contributed by atoms with van der Waals surface area (Å²) in [6, 6.07) is 10.0. The number of aromatic nitrogens is 2. The molecule has 23 heavy (non-hydrogen) atoms. The van der Waals surface area contributed by atoms with Gasteiger partial charge >= 0.3 is 6.03 Å². The van der Waals surface area contributed by atoms with E-state index in [4.69, 9.17) is 6.42 Å². The Balaban J connectivity index is 1.73. The van der Waals surface area contributed by atoms with Gasteiger partial charge in [0.2, 0.25) is 0 Å². The normalized spacial score (nSPS) is 16.2. The van der Waals surface area contributed by atoms with Crippen LogP contribution in [0.3, 0.4) is 0 Å². The quantitative estimate of drug-likeness (QED) is 0.851. The highest BCUT2D eigenvalue weighted by Gasteiger charge is 2.25. The SMILES string of the molecule is C#CCNC(=O)NC1CCCc2c1cnn2Cc1ccccc1. The molecule has 1 atom stereocenters. The first-order valence-electron chi connectivity index (χ1n) is 7.84. The van der Waals surface area contributed by atoms with Crippen molar-refractivity contribution < 1.29 is 4.79 Å². The van der Waals surface area contributed by atoms with Gasteiger partial charge in [0.1, 0.15) is 0 Å². The maximum atomic E-state index is 11.8. The molecule has 118 valence electrons. The molecule has 5 heteroatoms. The van der Waals surface area contributed by atoms with Crippen LogP contribution < -0.4 is 10.6 Å². The second kappa shape index (κ2) is 7.01. The molecule has 2 aromatic rings. The van der Waals surface area contributed by atoms with Gasteiger partial charge in [0, 0.05) is 11.3 Å². The van der Waals surface area contributed by atoms with Crippen molar-refractivity contribution in [1.29, 1.82) is 0 Å². The van der Waals surface area contributed by atoms with Crippen LogP contribution in [0.2, 0.25) is 0 Å². The molecule has 1 aromatic carbocycles. The summed E-state index contributed by atoms with van der Waals surface area (Å²) in [5.74, 6) is 2.40. The van der Waals surface area contributed by atoms with Gasteiger partial charge in [-0.2, -0.15) is 5.10 Å². The molecule has 0 radical (unpaired) electrons. The van der Waals surface area contributed by atoms with Crippen molar-refractivity contribution in [1.82, 2.24) is 20.4 Å². The highest BCUT2D eigenvalue weighted by Crippen LogP contribution is 2.29. The van der Waals surface area contributed by atoms with E-state index in [-0.39, 0.29) is 18.6 Å². The summed E-state index contributed by atoms with van der Waals surface area (Å²) in [7, 11) is 0. The Morgan fingerprint density at radius 1 is 1.39 bits per heavy atom. The largest absolute Gasteiger partial charge is 0.331 e. The molecular formula is C18H20N4O. The third-order valence-corrected chi connectivity index (χ3v) is 4.09. The second-order valence-corrected chi connectivity index (χ2v) is 5.67. The third-order valence-electron chi connectivity index (χ3n) is 4.09. The Morgan fingerprint density at radius 3 is 3.00 bits per heavy atom. The number of hydrogen-bond acceptors (Lipinski definition) is 2. The van der Waals surface area contributed by atoms with E-state index in [1.54, 1.807) is 0 Å². The van der Waals surface area contributed by atoms with Gasteiger partial charge in [-0.15, -0.1) is 6.42 Å². The van der Waals surface area contributed by atoms with E-state index in [9.17, 15) is 4.79 Å². The van der Waals surface area contributed by atoms with Gasteiger partial charge in [-0.05, 0) is 24.8 Å². The van der Waals surface area contributed by atoms with Crippen molar-refractivity contribution in [2.24, 2.45) is 0 Å². The van der Waals surface area contributed by atoms with E-state index in [0.717, 1.165) is 31.4 Å². The minimum absolute atomic E-state index is 0.000970. The summed E-state index contributed by atoms with van der Waals surface area (Å²) in [6.45, 7) is 0.991. The summed E-state index contributed by atoms with van der Waals surface area (Å²) in [5.41, 5.74) is 3.55. The van der Waals surface area contributed by atoms with Crippen LogP contribution in [0, 0.1) is 12.3 Å². The average molecular weight is 308 g/mol. The number of carbonyl (C=O) groups excluding carboxylic acids is 1. The Kier molecular flexibility index (Phi) is 4.62. The molecule has 0 saturated carbocycles. The molecule has 0 spiro atoms. The summed E-state index contributed by atoms with van der Waals surface area (Å²) in [6.07, 6.45) is 9.99. The topological polar surface area (TPSA) is 59.0 Å². The first-order valence-corrected chi connectivity index (χ1v) is 7.84. The second-order valence-electron chi connectivity index (χ2n) is 5.67. The molecule has 5 nitrogen and oxygen atoms in total. The van der Waals surface area contributed by atoms with Gasteiger partial charge in [0.25, 0.3) is 0 Å².